The molecule has 0 N–H and O–H groups in total. The van der Waals surface area contributed by atoms with E-state index in [4.69, 9.17) is 9.47 Å². The molecule has 0 amide bonds. The zero-order chi connectivity index (χ0) is 18.2. The molecule has 0 aliphatic carbocycles. The molecular formula is C24H32O2. The molecule has 1 aliphatic heterocycles. The first-order chi connectivity index (χ1) is 12.8. The molecule has 140 valence electrons. The van der Waals surface area contributed by atoms with Crippen molar-refractivity contribution in [2.45, 2.75) is 64.6 Å². The van der Waals surface area contributed by atoms with Crippen LogP contribution in [-0.4, -0.2) is 19.3 Å². The Morgan fingerprint density at radius 3 is 2.04 bits per heavy atom. The summed E-state index contributed by atoms with van der Waals surface area (Å²) in [5, 5.41) is 0. The van der Waals surface area contributed by atoms with Crippen molar-refractivity contribution < 1.29 is 9.47 Å². The van der Waals surface area contributed by atoms with Gasteiger partial charge in [0.15, 0.2) is 0 Å². The summed E-state index contributed by atoms with van der Waals surface area (Å²) in [5.41, 5.74) is 5.00. The third-order valence-electron chi connectivity index (χ3n) is 5.26. The average Bonchev–Trinajstić information content (AvgIpc) is 2.69. The Labute approximate surface area is 158 Å². The van der Waals surface area contributed by atoms with Crippen molar-refractivity contribution >= 4 is 0 Å². The molecule has 2 aromatic rings. The van der Waals surface area contributed by atoms with Gasteiger partial charge in [-0.2, -0.15) is 0 Å². The molecule has 2 heteroatoms. The molecule has 3 rings (SSSR count). The van der Waals surface area contributed by atoms with E-state index in [1.54, 1.807) is 0 Å². The monoisotopic (exact) mass is 352 g/mol. The molecule has 1 saturated heterocycles. The van der Waals surface area contributed by atoms with Crippen LogP contribution < -0.4 is 0 Å². The van der Waals surface area contributed by atoms with Crippen LogP contribution in [0.1, 0.15) is 62.7 Å². The van der Waals surface area contributed by atoms with E-state index < -0.39 is 0 Å². The highest BCUT2D eigenvalue weighted by molar-refractivity contribution is 5.64. The van der Waals surface area contributed by atoms with Gasteiger partial charge in [-0.3, -0.25) is 0 Å². The van der Waals surface area contributed by atoms with E-state index in [1.807, 2.05) is 0 Å². The van der Waals surface area contributed by atoms with Gasteiger partial charge in [0.05, 0.1) is 19.3 Å². The highest BCUT2D eigenvalue weighted by atomic mass is 16.6. The van der Waals surface area contributed by atoms with Crippen LogP contribution in [0.25, 0.3) is 11.1 Å². The first-order valence-corrected chi connectivity index (χ1v) is 10.2. The van der Waals surface area contributed by atoms with Crippen LogP contribution in [0, 0.1) is 6.92 Å². The Morgan fingerprint density at radius 1 is 0.769 bits per heavy atom. The first-order valence-electron chi connectivity index (χ1n) is 10.2. The summed E-state index contributed by atoms with van der Waals surface area (Å²) < 4.78 is 12.1. The van der Waals surface area contributed by atoms with Crippen LogP contribution in [0.15, 0.2) is 48.5 Å². The van der Waals surface area contributed by atoms with Crippen molar-refractivity contribution in [2.24, 2.45) is 0 Å². The molecule has 0 bridgehead atoms. The Bertz CT molecular complexity index is 637. The van der Waals surface area contributed by atoms with Crippen molar-refractivity contribution in [1.29, 1.82) is 0 Å². The fourth-order valence-corrected chi connectivity index (χ4v) is 3.51. The van der Waals surface area contributed by atoms with E-state index in [-0.39, 0.29) is 12.2 Å². The summed E-state index contributed by atoms with van der Waals surface area (Å²) in [6.07, 6.45) is 8.04. The smallest absolute Gasteiger partial charge is 0.106 e. The van der Waals surface area contributed by atoms with Gasteiger partial charge in [-0.05, 0) is 30.0 Å². The lowest BCUT2D eigenvalue weighted by atomic mass is 10.0. The van der Waals surface area contributed by atoms with E-state index in [9.17, 15) is 0 Å². The number of unbranched alkanes of at least 4 members (excludes halogenated alkanes) is 4. The molecule has 0 spiro atoms. The first kappa shape index (κ1) is 19.1. The minimum atomic E-state index is 0.0680. The van der Waals surface area contributed by atoms with Gasteiger partial charge >= 0.3 is 0 Å². The number of aryl methyl sites for hydroxylation is 1. The van der Waals surface area contributed by atoms with E-state index in [0.29, 0.717) is 6.61 Å². The number of rotatable bonds is 8. The Morgan fingerprint density at radius 2 is 1.42 bits per heavy atom. The second kappa shape index (κ2) is 9.89. The molecular weight excluding hydrogens is 320 g/mol. The lowest BCUT2D eigenvalue weighted by molar-refractivity contribution is -0.137. The lowest BCUT2D eigenvalue weighted by Gasteiger charge is -2.30. The topological polar surface area (TPSA) is 18.5 Å². The van der Waals surface area contributed by atoms with Crippen LogP contribution in [0.3, 0.4) is 0 Å². The molecule has 2 atom stereocenters. The second-order valence-electron chi connectivity index (χ2n) is 7.47. The Kier molecular flexibility index (Phi) is 7.28. The summed E-state index contributed by atoms with van der Waals surface area (Å²) in [5.74, 6) is 0. The fourth-order valence-electron chi connectivity index (χ4n) is 3.51. The lowest BCUT2D eigenvalue weighted by Crippen LogP contribution is -2.31. The zero-order valence-electron chi connectivity index (χ0n) is 16.2. The molecule has 2 aromatic carbocycles. The molecule has 0 saturated carbocycles. The molecule has 2 nitrogen and oxygen atoms in total. The maximum atomic E-state index is 6.09. The van der Waals surface area contributed by atoms with Crippen LogP contribution in [0.2, 0.25) is 0 Å². The van der Waals surface area contributed by atoms with Crippen molar-refractivity contribution in [2.75, 3.05) is 13.2 Å². The molecule has 1 heterocycles. The minimum Gasteiger partial charge on any atom is -0.373 e. The zero-order valence-corrected chi connectivity index (χ0v) is 16.2. The van der Waals surface area contributed by atoms with Gasteiger partial charge in [-0.1, -0.05) is 93.1 Å². The average molecular weight is 353 g/mol. The van der Waals surface area contributed by atoms with E-state index in [0.717, 1.165) is 13.0 Å². The minimum absolute atomic E-state index is 0.0680. The summed E-state index contributed by atoms with van der Waals surface area (Å²) in [6.45, 7) is 5.76. The van der Waals surface area contributed by atoms with Crippen molar-refractivity contribution in [3.63, 3.8) is 0 Å². The standard InChI is InChI=1S/C24H32O2/c1-3-4-5-6-7-8-23-17-26-24(18-25-23)22-15-13-21(14-16-22)20-11-9-19(2)10-12-20/h9-16,23-24H,3-8,17-18H2,1-2H3/t23-,24-/m1/s1. The van der Waals surface area contributed by atoms with Gasteiger partial charge in [0.2, 0.25) is 0 Å². The maximum absolute atomic E-state index is 6.09. The van der Waals surface area contributed by atoms with Crippen LogP contribution in [-0.2, 0) is 9.47 Å². The maximum Gasteiger partial charge on any atom is 0.106 e. The highest BCUT2D eigenvalue weighted by Gasteiger charge is 2.23. The van der Waals surface area contributed by atoms with E-state index in [2.05, 4.69) is 62.4 Å². The van der Waals surface area contributed by atoms with Crippen LogP contribution >= 0.6 is 0 Å². The normalized spacial score (nSPS) is 20.2. The largest absolute Gasteiger partial charge is 0.373 e. The van der Waals surface area contributed by atoms with Gasteiger partial charge in [-0.15, -0.1) is 0 Å². The predicted octanol–water partition coefficient (Wildman–Crippen LogP) is 6.48. The third kappa shape index (κ3) is 5.43. The Hall–Kier alpha value is -1.64. The number of hydrogen-bond donors (Lipinski definition) is 0. The summed E-state index contributed by atoms with van der Waals surface area (Å²) in [7, 11) is 0. The van der Waals surface area contributed by atoms with Gasteiger partial charge in [0, 0.05) is 0 Å². The van der Waals surface area contributed by atoms with Crippen molar-refractivity contribution in [3.05, 3.63) is 59.7 Å². The molecule has 0 aromatic heterocycles. The Balaban J connectivity index is 1.46. The van der Waals surface area contributed by atoms with Gasteiger partial charge < -0.3 is 9.47 Å². The number of benzene rings is 2. The second-order valence-corrected chi connectivity index (χ2v) is 7.47. The van der Waals surface area contributed by atoms with Crippen molar-refractivity contribution in [1.82, 2.24) is 0 Å². The van der Waals surface area contributed by atoms with Crippen LogP contribution in [0.4, 0.5) is 0 Å². The SMILES string of the molecule is CCCCCCC[C@@H]1CO[C@@H](c2ccc(-c3ccc(C)cc3)cc2)CO1. The fraction of sp³-hybridized carbons (Fsp3) is 0.500. The number of ether oxygens (including phenoxy) is 2. The predicted molar refractivity (Wildman–Crippen MR) is 108 cm³/mol. The van der Waals surface area contributed by atoms with Crippen molar-refractivity contribution in [3.8, 4) is 11.1 Å². The quantitative estimate of drug-likeness (QED) is 0.506. The number of hydrogen-bond acceptors (Lipinski definition) is 2. The third-order valence-corrected chi connectivity index (χ3v) is 5.26. The van der Waals surface area contributed by atoms with E-state index >= 15 is 0 Å². The molecule has 0 unspecified atom stereocenters. The van der Waals surface area contributed by atoms with Gasteiger partial charge in [-0.25, -0.2) is 0 Å². The molecule has 0 radical (unpaired) electrons. The van der Waals surface area contributed by atoms with Crippen LogP contribution in [0.5, 0.6) is 0 Å². The van der Waals surface area contributed by atoms with Gasteiger partial charge in [0.1, 0.15) is 6.10 Å². The molecule has 1 aliphatic rings. The van der Waals surface area contributed by atoms with Gasteiger partial charge in [0.25, 0.3) is 0 Å². The van der Waals surface area contributed by atoms with E-state index in [1.165, 1.54) is 54.4 Å². The molecule has 26 heavy (non-hydrogen) atoms. The summed E-state index contributed by atoms with van der Waals surface area (Å²) >= 11 is 0. The summed E-state index contributed by atoms with van der Waals surface area (Å²) in [4.78, 5) is 0. The molecule has 1 fully saturated rings. The highest BCUT2D eigenvalue weighted by Crippen LogP contribution is 2.27. The summed E-state index contributed by atoms with van der Waals surface area (Å²) in [6, 6.07) is 17.4.